The smallest absolute Gasteiger partial charge is 0.262 e. The lowest BCUT2D eigenvalue weighted by Crippen LogP contribution is -2.21. The molecule has 0 aliphatic carbocycles. The first-order chi connectivity index (χ1) is 16.5. The maximum atomic E-state index is 13.0. The summed E-state index contributed by atoms with van der Waals surface area (Å²) in [5, 5.41) is 3.00. The summed E-state index contributed by atoms with van der Waals surface area (Å²) in [5.41, 5.74) is 1.15. The van der Waals surface area contributed by atoms with Crippen molar-refractivity contribution in [3.8, 4) is 23.0 Å². The van der Waals surface area contributed by atoms with Gasteiger partial charge in [-0.25, -0.2) is 0 Å². The molecule has 8 heteroatoms. The first kappa shape index (κ1) is 24.7. The van der Waals surface area contributed by atoms with Gasteiger partial charge in [0, 0.05) is 17.7 Å². The number of amides is 1. The number of carbonyl (C=O) groups excluding carboxylic acids is 2. The number of methoxy groups -OCH3 is 2. The van der Waals surface area contributed by atoms with E-state index in [0.29, 0.717) is 39.1 Å². The first-order valence-electron chi connectivity index (χ1n) is 10.3. The quantitative estimate of drug-likeness (QED) is 0.300. The summed E-state index contributed by atoms with van der Waals surface area (Å²) in [6.07, 6.45) is 1.60. The molecule has 3 aromatic carbocycles. The largest absolute Gasteiger partial charge is 0.495 e. The summed E-state index contributed by atoms with van der Waals surface area (Å²) in [6.45, 7) is 3.54. The van der Waals surface area contributed by atoms with Crippen LogP contribution in [0.1, 0.15) is 15.9 Å². The third-order valence-corrected chi connectivity index (χ3v) is 5.00. The number of ketones is 1. The minimum Gasteiger partial charge on any atom is -0.495 e. The van der Waals surface area contributed by atoms with E-state index in [0.717, 1.165) is 0 Å². The average molecular weight is 482 g/mol. The Labute approximate surface area is 202 Å². The molecule has 1 N–H and O–H groups in total. The standard InChI is InChI=1S/C26H24ClNO6/c1-4-12-33-18-10-11-19(26(30)17-8-6-5-7-9-17)22(13-18)34-16-25(29)28-21-14-20(27)23(31-2)15-24(21)32-3/h4-11,13-15H,1,12,16H2,2-3H3,(H,28,29). The summed E-state index contributed by atoms with van der Waals surface area (Å²) in [4.78, 5) is 25.7. The minimum atomic E-state index is -0.477. The molecular formula is C26H24ClNO6. The normalized spacial score (nSPS) is 10.2. The molecule has 0 unspecified atom stereocenters. The zero-order valence-electron chi connectivity index (χ0n) is 18.8. The predicted octanol–water partition coefficient (Wildman–Crippen LogP) is 5.17. The lowest BCUT2D eigenvalue weighted by atomic mass is 10.0. The Morgan fingerprint density at radius 2 is 1.68 bits per heavy atom. The van der Waals surface area contributed by atoms with E-state index < -0.39 is 5.91 Å². The van der Waals surface area contributed by atoms with Gasteiger partial charge in [-0.2, -0.15) is 0 Å². The van der Waals surface area contributed by atoms with Crippen LogP contribution in [0.4, 0.5) is 5.69 Å². The summed E-state index contributed by atoms with van der Waals surface area (Å²) >= 11 is 6.17. The lowest BCUT2D eigenvalue weighted by molar-refractivity contribution is -0.118. The lowest BCUT2D eigenvalue weighted by Gasteiger charge is -2.15. The van der Waals surface area contributed by atoms with Gasteiger partial charge >= 0.3 is 0 Å². The highest BCUT2D eigenvalue weighted by Gasteiger charge is 2.18. The Morgan fingerprint density at radius 1 is 0.941 bits per heavy atom. The molecule has 34 heavy (non-hydrogen) atoms. The molecule has 3 rings (SSSR count). The van der Waals surface area contributed by atoms with E-state index in [4.69, 9.17) is 30.5 Å². The minimum absolute atomic E-state index is 0.213. The maximum Gasteiger partial charge on any atom is 0.262 e. The molecule has 176 valence electrons. The van der Waals surface area contributed by atoms with Crippen LogP contribution in [0.5, 0.6) is 23.0 Å². The fourth-order valence-electron chi connectivity index (χ4n) is 3.09. The van der Waals surface area contributed by atoms with Crippen molar-refractivity contribution >= 4 is 29.0 Å². The summed E-state index contributed by atoms with van der Waals surface area (Å²) in [6, 6.07) is 16.7. The zero-order valence-corrected chi connectivity index (χ0v) is 19.6. The van der Waals surface area contributed by atoms with Gasteiger partial charge in [-0.3, -0.25) is 9.59 Å². The van der Waals surface area contributed by atoms with Crippen LogP contribution in [0.3, 0.4) is 0 Å². The Kier molecular flexibility index (Phi) is 8.54. The van der Waals surface area contributed by atoms with Crippen LogP contribution in [0.15, 0.2) is 73.3 Å². The van der Waals surface area contributed by atoms with Gasteiger partial charge in [-0.05, 0) is 18.2 Å². The average Bonchev–Trinajstić information content (AvgIpc) is 2.86. The molecule has 0 radical (unpaired) electrons. The highest BCUT2D eigenvalue weighted by Crippen LogP contribution is 2.36. The van der Waals surface area contributed by atoms with Crippen LogP contribution in [0.2, 0.25) is 5.02 Å². The highest BCUT2D eigenvalue weighted by molar-refractivity contribution is 6.32. The van der Waals surface area contributed by atoms with E-state index in [-0.39, 0.29) is 24.7 Å². The van der Waals surface area contributed by atoms with E-state index in [9.17, 15) is 9.59 Å². The number of halogens is 1. The monoisotopic (exact) mass is 481 g/mol. The van der Waals surface area contributed by atoms with Gasteiger partial charge in [-0.1, -0.05) is 54.6 Å². The van der Waals surface area contributed by atoms with Crippen molar-refractivity contribution in [3.63, 3.8) is 0 Å². The van der Waals surface area contributed by atoms with Crippen LogP contribution < -0.4 is 24.3 Å². The third kappa shape index (κ3) is 6.08. The van der Waals surface area contributed by atoms with Crippen LogP contribution in [-0.2, 0) is 4.79 Å². The number of nitrogens with one attached hydrogen (secondary N) is 1. The van der Waals surface area contributed by atoms with Crippen molar-refractivity contribution in [1.29, 1.82) is 0 Å². The predicted molar refractivity (Wildman–Crippen MR) is 131 cm³/mol. The second-order valence-corrected chi connectivity index (χ2v) is 7.38. The fraction of sp³-hybridized carbons (Fsp3) is 0.154. The van der Waals surface area contributed by atoms with Gasteiger partial charge in [-0.15, -0.1) is 0 Å². The molecular weight excluding hydrogens is 458 g/mol. The van der Waals surface area contributed by atoms with Crippen molar-refractivity contribution in [2.24, 2.45) is 0 Å². The van der Waals surface area contributed by atoms with Crippen LogP contribution in [0.25, 0.3) is 0 Å². The van der Waals surface area contributed by atoms with Crippen LogP contribution in [-0.4, -0.2) is 39.1 Å². The number of anilines is 1. The van der Waals surface area contributed by atoms with Gasteiger partial charge in [0.05, 0.1) is 30.5 Å². The van der Waals surface area contributed by atoms with Crippen molar-refractivity contribution in [2.45, 2.75) is 0 Å². The number of ether oxygens (including phenoxy) is 4. The summed E-state index contributed by atoms with van der Waals surface area (Å²) in [7, 11) is 2.94. The van der Waals surface area contributed by atoms with Gasteiger partial charge in [0.2, 0.25) is 0 Å². The van der Waals surface area contributed by atoms with E-state index in [2.05, 4.69) is 11.9 Å². The number of rotatable bonds is 11. The molecule has 0 fully saturated rings. The molecule has 0 saturated heterocycles. The van der Waals surface area contributed by atoms with Gasteiger partial charge in [0.25, 0.3) is 5.91 Å². The van der Waals surface area contributed by atoms with Crippen LogP contribution in [0, 0.1) is 0 Å². The number of hydrogen-bond donors (Lipinski definition) is 1. The second kappa shape index (κ2) is 11.8. The topological polar surface area (TPSA) is 83.1 Å². The fourth-order valence-corrected chi connectivity index (χ4v) is 3.33. The van der Waals surface area contributed by atoms with E-state index in [1.165, 1.54) is 20.3 Å². The molecule has 0 aliphatic rings. The van der Waals surface area contributed by atoms with Crippen molar-refractivity contribution < 1.29 is 28.5 Å². The number of benzene rings is 3. The molecule has 0 atom stereocenters. The first-order valence-corrected chi connectivity index (χ1v) is 10.7. The van der Waals surface area contributed by atoms with Crippen LogP contribution >= 0.6 is 11.6 Å². The molecule has 1 amide bonds. The molecule has 3 aromatic rings. The SMILES string of the molecule is C=CCOc1ccc(C(=O)c2ccccc2)c(OCC(=O)Nc2cc(Cl)c(OC)cc2OC)c1. The molecule has 0 bridgehead atoms. The van der Waals surface area contributed by atoms with Crippen molar-refractivity contribution in [1.82, 2.24) is 0 Å². The summed E-state index contributed by atoms with van der Waals surface area (Å²) < 4.78 is 21.8. The maximum absolute atomic E-state index is 13.0. The Bertz CT molecular complexity index is 1180. The Balaban J connectivity index is 1.80. The molecule has 0 aliphatic heterocycles. The van der Waals surface area contributed by atoms with Crippen molar-refractivity contribution in [2.75, 3.05) is 32.8 Å². The highest BCUT2D eigenvalue weighted by atomic mass is 35.5. The Morgan fingerprint density at radius 3 is 2.35 bits per heavy atom. The molecule has 7 nitrogen and oxygen atoms in total. The van der Waals surface area contributed by atoms with Gasteiger partial charge in [0.15, 0.2) is 12.4 Å². The molecule has 0 saturated carbocycles. The molecule has 0 heterocycles. The van der Waals surface area contributed by atoms with Crippen molar-refractivity contribution in [3.05, 3.63) is 89.5 Å². The van der Waals surface area contributed by atoms with E-state index >= 15 is 0 Å². The number of carbonyl (C=O) groups is 2. The van der Waals surface area contributed by atoms with Gasteiger partial charge < -0.3 is 24.3 Å². The number of hydrogen-bond acceptors (Lipinski definition) is 6. The zero-order chi connectivity index (χ0) is 24.5. The van der Waals surface area contributed by atoms with E-state index in [1.54, 1.807) is 54.6 Å². The summed E-state index contributed by atoms with van der Waals surface area (Å²) in [5.74, 6) is 0.751. The van der Waals surface area contributed by atoms with E-state index in [1.807, 2.05) is 6.07 Å². The van der Waals surface area contributed by atoms with Gasteiger partial charge in [0.1, 0.15) is 29.6 Å². The molecule has 0 spiro atoms. The Hall–Kier alpha value is -3.97. The second-order valence-electron chi connectivity index (χ2n) is 6.98. The third-order valence-electron chi connectivity index (χ3n) is 4.71. The molecule has 0 aromatic heterocycles.